The number of rotatable bonds is 5. The van der Waals surface area contributed by atoms with Crippen LogP contribution < -0.4 is 11.1 Å². The predicted molar refractivity (Wildman–Crippen MR) is 78.3 cm³/mol. The third kappa shape index (κ3) is 4.31. The minimum Gasteiger partial charge on any atom is -0.391 e. The zero-order chi connectivity index (χ0) is 14.4. The highest BCUT2D eigenvalue weighted by atomic mass is 16.5. The van der Waals surface area contributed by atoms with Crippen molar-refractivity contribution in [2.45, 2.75) is 57.8 Å². The number of nitrogen functional groups attached to an aromatic ring is 1. The fourth-order valence-electron chi connectivity index (χ4n) is 2.50. The van der Waals surface area contributed by atoms with E-state index in [-0.39, 0.29) is 12.1 Å². The lowest BCUT2D eigenvalue weighted by Crippen LogP contribution is -2.33. The monoisotopic (exact) mass is 280 g/mol. The molecule has 0 amide bonds. The van der Waals surface area contributed by atoms with Crippen molar-refractivity contribution in [1.82, 2.24) is 9.97 Å². The Labute approximate surface area is 119 Å². The van der Waals surface area contributed by atoms with E-state index in [1.165, 1.54) is 6.42 Å². The SMILES string of the molecule is CCOCc1nc(N)cc(NC2CCCCCC2O)n1. The molecule has 6 nitrogen and oxygen atoms in total. The van der Waals surface area contributed by atoms with Crippen LogP contribution in [0.1, 0.15) is 44.9 Å². The Hall–Kier alpha value is -1.40. The zero-order valence-corrected chi connectivity index (χ0v) is 12.0. The van der Waals surface area contributed by atoms with E-state index in [0.717, 1.165) is 25.7 Å². The second-order valence-corrected chi connectivity index (χ2v) is 5.19. The van der Waals surface area contributed by atoms with Gasteiger partial charge in [0.2, 0.25) is 0 Å². The average Bonchev–Trinajstić information content (AvgIpc) is 2.61. The number of hydrogen-bond acceptors (Lipinski definition) is 6. The summed E-state index contributed by atoms with van der Waals surface area (Å²) in [5.74, 6) is 1.65. The van der Waals surface area contributed by atoms with Gasteiger partial charge in [-0.1, -0.05) is 19.3 Å². The second-order valence-electron chi connectivity index (χ2n) is 5.19. The van der Waals surface area contributed by atoms with Crippen molar-refractivity contribution >= 4 is 11.6 Å². The molecule has 6 heteroatoms. The van der Waals surface area contributed by atoms with Gasteiger partial charge < -0.3 is 20.9 Å². The summed E-state index contributed by atoms with van der Waals surface area (Å²) in [4.78, 5) is 8.53. The number of ether oxygens (including phenoxy) is 1. The molecule has 1 fully saturated rings. The quantitative estimate of drug-likeness (QED) is 0.711. The lowest BCUT2D eigenvalue weighted by atomic mass is 10.1. The molecule has 2 rings (SSSR count). The van der Waals surface area contributed by atoms with Crippen molar-refractivity contribution in [2.24, 2.45) is 0 Å². The van der Waals surface area contributed by atoms with Gasteiger partial charge in [0.1, 0.15) is 18.2 Å². The highest BCUT2D eigenvalue weighted by Crippen LogP contribution is 2.21. The Kier molecular flexibility index (Phi) is 5.55. The lowest BCUT2D eigenvalue weighted by Gasteiger charge is -2.22. The number of aromatic nitrogens is 2. The van der Waals surface area contributed by atoms with E-state index >= 15 is 0 Å². The molecule has 1 aromatic heterocycles. The molecule has 20 heavy (non-hydrogen) atoms. The van der Waals surface area contributed by atoms with Crippen LogP contribution in [-0.2, 0) is 11.3 Å². The van der Waals surface area contributed by atoms with Gasteiger partial charge in [0.05, 0.1) is 12.1 Å². The first-order chi connectivity index (χ1) is 9.69. The summed E-state index contributed by atoms with van der Waals surface area (Å²) in [5.41, 5.74) is 5.79. The largest absolute Gasteiger partial charge is 0.391 e. The van der Waals surface area contributed by atoms with Gasteiger partial charge in [0.25, 0.3) is 0 Å². The van der Waals surface area contributed by atoms with Gasteiger partial charge in [-0.3, -0.25) is 0 Å². The Morgan fingerprint density at radius 3 is 2.95 bits per heavy atom. The highest BCUT2D eigenvalue weighted by molar-refractivity contribution is 5.45. The molecular weight excluding hydrogens is 256 g/mol. The van der Waals surface area contributed by atoms with E-state index in [4.69, 9.17) is 10.5 Å². The van der Waals surface area contributed by atoms with Gasteiger partial charge in [-0.25, -0.2) is 9.97 Å². The molecule has 1 aliphatic carbocycles. The number of nitrogens with one attached hydrogen (secondary N) is 1. The summed E-state index contributed by atoms with van der Waals surface area (Å²) in [6, 6.07) is 1.74. The number of anilines is 2. The number of nitrogens with two attached hydrogens (primary N) is 1. The molecule has 0 bridgehead atoms. The second kappa shape index (κ2) is 7.40. The average molecular weight is 280 g/mol. The van der Waals surface area contributed by atoms with Crippen LogP contribution in [0.5, 0.6) is 0 Å². The van der Waals surface area contributed by atoms with Gasteiger partial charge in [-0.05, 0) is 19.8 Å². The smallest absolute Gasteiger partial charge is 0.158 e. The standard InChI is InChI=1S/C14H24N4O2/c1-2-20-9-14-17-12(15)8-13(18-14)16-10-6-4-3-5-7-11(10)19/h8,10-11,19H,2-7,9H2,1H3,(H3,15,16,17,18). The first-order valence-corrected chi connectivity index (χ1v) is 7.35. The van der Waals surface area contributed by atoms with E-state index in [2.05, 4.69) is 15.3 Å². The molecule has 112 valence electrons. The molecule has 1 heterocycles. The van der Waals surface area contributed by atoms with Crippen LogP contribution >= 0.6 is 0 Å². The van der Waals surface area contributed by atoms with E-state index in [0.29, 0.717) is 30.7 Å². The van der Waals surface area contributed by atoms with Crippen LogP contribution in [-0.4, -0.2) is 33.8 Å². The van der Waals surface area contributed by atoms with Crippen LogP contribution in [0.25, 0.3) is 0 Å². The minimum atomic E-state index is -0.330. The normalized spacial score (nSPS) is 23.3. The van der Waals surface area contributed by atoms with Gasteiger partial charge in [0, 0.05) is 12.7 Å². The van der Waals surface area contributed by atoms with E-state index in [1.54, 1.807) is 6.07 Å². The number of nitrogens with zero attached hydrogens (tertiary/aromatic N) is 2. The fraction of sp³-hybridized carbons (Fsp3) is 0.714. The van der Waals surface area contributed by atoms with Gasteiger partial charge in [-0.2, -0.15) is 0 Å². The van der Waals surface area contributed by atoms with Gasteiger partial charge in [0.15, 0.2) is 5.82 Å². The maximum atomic E-state index is 10.1. The van der Waals surface area contributed by atoms with Gasteiger partial charge in [-0.15, -0.1) is 0 Å². The molecule has 4 N–H and O–H groups in total. The van der Waals surface area contributed by atoms with E-state index < -0.39 is 0 Å². The molecule has 0 aliphatic heterocycles. The molecule has 2 atom stereocenters. The molecule has 2 unspecified atom stereocenters. The van der Waals surface area contributed by atoms with Crippen LogP contribution in [0.15, 0.2) is 6.07 Å². The Bertz CT molecular complexity index is 428. The molecule has 0 radical (unpaired) electrons. The Morgan fingerprint density at radius 2 is 2.15 bits per heavy atom. The molecule has 0 spiro atoms. The molecular formula is C14H24N4O2. The summed E-state index contributed by atoms with van der Waals surface area (Å²) in [5, 5.41) is 13.4. The molecule has 0 saturated heterocycles. The van der Waals surface area contributed by atoms with E-state index in [9.17, 15) is 5.11 Å². The summed E-state index contributed by atoms with van der Waals surface area (Å²) < 4.78 is 5.30. The van der Waals surface area contributed by atoms with Crippen molar-refractivity contribution in [3.05, 3.63) is 11.9 Å². The van der Waals surface area contributed by atoms with Crippen LogP contribution in [0.2, 0.25) is 0 Å². The van der Waals surface area contributed by atoms with E-state index in [1.807, 2.05) is 6.92 Å². The number of hydrogen-bond donors (Lipinski definition) is 3. The summed E-state index contributed by atoms with van der Waals surface area (Å²) in [6.07, 6.45) is 4.85. The number of aliphatic hydroxyl groups excluding tert-OH is 1. The minimum absolute atomic E-state index is 0.0340. The summed E-state index contributed by atoms with van der Waals surface area (Å²) >= 11 is 0. The van der Waals surface area contributed by atoms with Crippen LogP contribution in [0.4, 0.5) is 11.6 Å². The third-order valence-electron chi connectivity index (χ3n) is 3.54. The van der Waals surface area contributed by atoms with Crippen molar-refractivity contribution in [3.63, 3.8) is 0 Å². The number of aliphatic hydroxyl groups is 1. The maximum Gasteiger partial charge on any atom is 0.158 e. The molecule has 1 aliphatic rings. The molecule has 1 saturated carbocycles. The lowest BCUT2D eigenvalue weighted by molar-refractivity contribution is 0.128. The molecule has 1 aromatic rings. The third-order valence-corrected chi connectivity index (χ3v) is 3.54. The fourth-order valence-corrected chi connectivity index (χ4v) is 2.50. The topological polar surface area (TPSA) is 93.3 Å². The maximum absolute atomic E-state index is 10.1. The Balaban J connectivity index is 2.05. The van der Waals surface area contributed by atoms with Gasteiger partial charge >= 0.3 is 0 Å². The summed E-state index contributed by atoms with van der Waals surface area (Å²) in [7, 11) is 0. The molecule has 0 aromatic carbocycles. The zero-order valence-electron chi connectivity index (χ0n) is 12.0. The predicted octanol–water partition coefficient (Wildman–Crippen LogP) is 1.70. The van der Waals surface area contributed by atoms with Crippen molar-refractivity contribution in [1.29, 1.82) is 0 Å². The Morgan fingerprint density at radius 1 is 1.35 bits per heavy atom. The van der Waals surface area contributed by atoms with Crippen molar-refractivity contribution in [2.75, 3.05) is 17.7 Å². The van der Waals surface area contributed by atoms with Crippen LogP contribution in [0.3, 0.4) is 0 Å². The summed E-state index contributed by atoms with van der Waals surface area (Å²) in [6.45, 7) is 2.89. The van der Waals surface area contributed by atoms with Crippen molar-refractivity contribution in [3.8, 4) is 0 Å². The highest BCUT2D eigenvalue weighted by Gasteiger charge is 2.22. The first kappa shape index (κ1) is 15.0. The van der Waals surface area contributed by atoms with Crippen molar-refractivity contribution < 1.29 is 9.84 Å². The first-order valence-electron chi connectivity index (χ1n) is 7.35. The van der Waals surface area contributed by atoms with Crippen LogP contribution in [0, 0.1) is 0 Å².